The number of hydrogen-bond donors (Lipinski definition) is 1. The molecule has 0 aliphatic carbocycles. The van der Waals surface area contributed by atoms with Crippen LogP contribution in [0.4, 0.5) is 4.39 Å². The minimum absolute atomic E-state index is 0.121. The third kappa shape index (κ3) is 3.66. The van der Waals surface area contributed by atoms with Crippen molar-refractivity contribution < 1.29 is 14.0 Å². The molecule has 2 aliphatic rings. The molecule has 1 fully saturated rings. The Morgan fingerprint density at radius 1 is 1.29 bits per heavy atom. The first-order chi connectivity index (χ1) is 16.4. The molecule has 1 saturated heterocycles. The van der Waals surface area contributed by atoms with E-state index >= 15 is 0 Å². The SMILES string of the molecule is [B]c1cc(F)ccc1[C@]1(CN)ON=C2/C(=C/c3ccc(-n4cnc(C)c4)c(OC)c3)CCCN21. The Balaban J connectivity index is 1.49. The van der Waals surface area contributed by atoms with E-state index in [4.69, 9.17) is 23.2 Å². The van der Waals surface area contributed by atoms with Crippen molar-refractivity contribution in [1.82, 2.24) is 14.5 Å². The molecule has 1 aromatic heterocycles. The monoisotopic (exact) mass is 457 g/mol. The summed E-state index contributed by atoms with van der Waals surface area (Å²) < 4.78 is 21.3. The standard InChI is InChI=1S/C25H25BFN5O2/c1-16-13-31(15-29-16)22-8-5-17(11-23(22)33-2)10-18-4-3-9-32-24(18)30-34-25(32,14-28)20-7-6-19(27)12-21(20)26/h5-8,10-13,15H,3-4,9,14,28H2,1-2H3/b18-10+/t25-/m0/s1. The van der Waals surface area contributed by atoms with Gasteiger partial charge in [0, 0.05) is 18.3 Å². The van der Waals surface area contributed by atoms with Crippen LogP contribution in [0.3, 0.4) is 0 Å². The van der Waals surface area contributed by atoms with Crippen molar-refractivity contribution in [3.63, 3.8) is 0 Å². The van der Waals surface area contributed by atoms with E-state index in [0.29, 0.717) is 17.9 Å². The minimum atomic E-state index is -1.06. The Morgan fingerprint density at radius 2 is 2.15 bits per heavy atom. The number of nitrogens with zero attached hydrogens (tertiary/aromatic N) is 4. The third-order valence-electron chi connectivity index (χ3n) is 6.34. The maximum Gasteiger partial charge on any atom is 0.248 e. The van der Waals surface area contributed by atoms with E-state index in [-0.39, 0.29) is 12.0 Å². The summed E-state index contributed by atoms with van der Waals surface area (Å²) in [4.78, 5) is 12.3. The molecular weight excluding hydrogens is 432 g/mol. The molecule has 0 unspecified atom stereocenters. The highest BCUT2D eigenvalue weighted by Gasteiger charge is 2.49. The smallest absolute Gasteiger partial charge is 0.248 e. The highest BCUT2D eigenvalue weighted by atomic mass is 19.1. The van der Waals surface area contributed by atoms with Crippen LogP contribution >= 0.6 is 0 Å². The van der Waals surface area contributed by atoms with Gasteiger partial charge in [0.05, 0.1) is 31.4 Å². The number of halogens is 1. The van der Waals surface area contributed by atoms with Crippen molar-refractivity contribution in [2.45, 2.75) is 25.5 Å². The molecule has 2 radical (unpaired) electrons. The predicted molar refractivity (Wildman–Crippen MR) is 130 cm³/mol. The molecule has 0 saturated carbocycles. The van der Waals surface area contributed by atoms with Gasteiger partial charge in [-0.05, 0) is 61.2 Å². The van der Waals surface area contributed by atoms with Gasteiger partial charge in [-0.2, -0.15) is 0 Å². The summed E-state index contributed by atoms with van der Waals surface area (Å²) in [5, 5.41) is 4.41. The Morgan fingerprint density at radius 3 is 2.85 bits per heavy atom. The lowest BCUT2D eigenvalue weighted by Gasteiger charge is -2.40. The lowest BCUT2D eigenvalue weighted by molar-refractivity contribution is -0.0980. The zero-order chi connectivity index (χ0) is 23.9. The molecule has 0 amide bonds. The van der Waals surface area contributed by atoms with Gasteiger partial charge in [-0.15, -0.1) is 0 Å². The fraction of sp³-hybridized carbons (Fsp3) is 0.280. The van der Waals surface area contributed by atoms with Gasteiger partial charge in [-0.1, -0.05) is 22.8 Å². The number of aromatic nitrogens is 2. The van der Waals surface area contributed by atoms with E-state index < -0.39 is 11.5 Å². The average Bonchev–Trinajstić information content (AvgIpc) is 3.44. The number of imidazole rings is 1. The molecule has 5 rings (SSSR count). The molecule has 2 N–H and O–H groups in total. The quantitative estimate of drug-likeness (QED) is 0.597. The minimum Gasteiger partial charge on any atom is -0.495 e. The van der Waals surface area contributed by atoms with Gasteiger partial charge in [0.2, 0.25) is 5.72 Å². The molecule has 3 aromatic rings. The molecule has 9 heteroatoms. The first-order valence-corrected chi connectivity index (χ1v) is 11.1. The summed E-state index contributed by atoms with van der Waals surface area (Å²) in [6, 6.07) is 10.3. The van der Waals surface area contributed by atoms with Gasteiger partial charge in [0.1, 0.15) is 19.4 Å². The molecule has 3 heterocycles. The number of aryl methyl sites for hydroxylation is 1. The van der Waals surface area contributed by atoms with Crippen molar-refractivity contribution in [1.29, 1.82) is 0 Å². The van der Waals surface area contributed by atoms with Crippen LogP contribution in [0.5, 0.6) is 5.75 Å². The van der Waals surface area contributed by atoms with Crippen molar-refractivity contribution in [2.24, 2.45) is 10.9 Å². The maximum absolute atomic E-state index is 13.7. The van der Waals surface area contributed by atoms with Crippen LogP contribution in [0.15, 0.2) is 59.7 Å². The van der Waals surface area contributed by atoms with E-state index in [1.807, 2.05) is 40.8 Å². The van der Waals surface area contributed by atoms with Gasteiger partial charge in [0.25, 0.3) is 0 Å². The number of ether oxygens (including phenoxy) is 1. The predicted octanol–water partition coefficient (Wildman–Crippen LogP) is 2.76. The molecule has 2 aliphatic heterocycles. The Hall–Kier alpha value is -3.59. The lowest BCUT2D eigenvalue weighted by atomic mass is 9.83. The number of amidine groups is 1. The highest BCUT2D eigenvalue weighted by Crippen LogP contribution is 2.39. The van der Waals surface area contributed by atoms with Gasteiger partial charge in [-0.3, -0.25) is 0 Å². The Labute approximate surface area is 199 Å². The highest BCUT2D eigenvalue weighted by molar-refractivity contribution is 6.33. The van der Waals surface area contributed by atoms with Gasteiger partial charge >= 0.3 is 0 Å². The Bertz CT molecular complexity index is 1300. The van der Waals surface area contributed by atoms with E-state index in [1.54, 1.807) is 19.5 Å². The summed E-state index contributed by atoms with van der Waals surface area (Å²) in [6.45, 7) is 2.77. The molecular formula is C25H25BFN5O2. The summed E-state index contributed by atoms with van der Waals surface area (Å²) in [5.74, 6) is 1.04. The molecule has 2 aromatic carbocycles. The van der Waals surface area contributed by atoms with Crippen molar-refractivity contribution in [3.8, 4) is 11.4 Å². The zero-order valence-corrected chi connectivity index (χ0v) is 19.2. The van der Waals surface area contributed by atoms with Gasteiger partial charge in [0.15, 0.2) is 5.84 Å². The Kier molecular flexibility index (Phi) is 5.65. The number of benzene rings is 2. The fourth-order valence-corrected chi connectivity index (χ4v) is 4.68. The van der Waals surface area contributed by atoms with Gasteiger partial charge in [-0.25, -0.2) is 9.37 Å². The second-order valence-electron chi connectivity index (χ2n) is 8.50. The van der Waals surface area contributed by atoms with E-state index in [2.05, 4.69) is 16.2 Å². The second-order valence-corrected chi connectivity index (χ2v) is 8.50. The van der Waals surface area contributed by atoms with Gasteiger partial charge < -0.3 is 24.8 Å². The third-order valence-corrected chi connectivity index (χ3v) is 6.34. The maximum atomic E-state index is 13.7. The van der Waals surface area contributed by atoms with Crippen molar-refractivity contribution >= 4 is 25.2 Å². The van der Waals surface area contributed by atoms with Crippen LogP contribution < -0.4 is 15.9 Å². The lowest BCUT2D eigenvalue weighted by Crippen LogP contribution is -2.54. The largest absolute Gasteiger partial charge is 0.495 e. The van der Waals surface area contributed by atoms with Crippen molar-refractivity contribution in [2.75, 3.05) is 20.2 Å². The molecule has 7 nitrogen and oxygen atoms in total. The number of methoxy groups -OCH3 is 1. The van der Waals surface area contributed by atoms with E-state index in [1.165, 1.54) is 12.1 Å². The number of rotatable bonds is 5. The number of piperidine rings is 1. The van der Waals surface area contributed by atoms with Crippen LogP contribution in [0, 0.1) is 12.7 Å². The number of hydrogen-bond acceptors (Lipinski definition) is 6. The summed E-state index contributed by atoms with van der Waals surface area (Å²) >= 11 is 0. The normalized spacial score (nSPS) is 20.8. The zero-order valence-electron chi connectivity index (χ0n) is 19.2. The summed E-state index contributed by atoms with van der Waals surface area (Å²) in [5.41, 5.74) is 9.86. The first-order valence-electron chi connectivity index (χ1n) is 11.1. The summed E-state index contributed by atoms with van der Waals surface area (Å²) in [6.07, 6.45) is 7.53. The molecule has 1 atom stereocenters. The van der Waals surface area contributed by atoms with E-state index in [0.717, 1.165) is 41.1 Å². The van der Waals surface area contributed by atoms with Crippen LogP contribution in [0.1, 0.15) is 29.7 Å². The van der Waals surface area contributed by atoms with Crippen LogP contribution in [0.2, 0.25) is 0 Å². The van der Waals surface area contributed by atoms with E-state index in [9.17, 15) is 4.39 Å². The van der Waals surface area contributed by atoms with Crippen LogP contribution in [0.25, 0.3) is 11.8 Å². The summed E-state index contributed by atoms with van der Waals surface area (Å²) in [7, 11) is 7.80. The number of fused-ring (bicyclic) bond motifs is 1. The van der Waals surface area contributed by atoms with Crippen LogP contribution in [-0.4, -0.2) is 48.3 Å². The number of nitrogens with two attached hydrogens (primary N) is 1. The second kappa shape index (κ2) is 8.64. The average molecular weight is 457 g/mol. The topological polar surface area (TPSA) is 77.9 Å². The van der Waals surface area contributed by atoms with Crippen molar-refractivity contribution in [3.05, 3.63) is 77.1 Å². The fourth-order valence-electron chi connectivity index (χ4n) is 4.68. The molecule has 172 valence electrons. The van der Waals surface area contributed by atoms with Crippen LogP contribution in [-0.2, 0) is 10.6 Å². The molecule has 0 bridgehead atoms. The number of oxime groups is 1. The molecule has 34 heavy (non-hydrogen) atoms. The first kappa shape index (κ1) is 22.2. The molecule has 0 spiro atoms.